The first-order chi connectivity index (χ1) is 9.76. The van der Waals surface area contributed by atoms with Gasteiger partial charge in [-0.1, -0.05) is 0 Å². The number of hydrogen-bond donors (Lipinski definition) is 0. The monoisotopic (exact) mass is 276 g/mol. The first-order valence-corrected chi connectivity index (χ1v) is 6.56. The van der Waals surface area contributed by atoms with Gasteiger partial charge in [-0.2, -0.15) is 5.10 Å². The molecule has 1 saturated heterocycles. The van der Waals surface area contributed by atoms with Gasteiger partial charge in [0.2, 0.25) is 0 Å². The highest BCUT2D eigenvalue weighted by atomic mass is 16.6. The van der Waals surface area contributed by atoms with Gasteiger partial charge in [0.15, 0.2) is 6.10 Å². The van der Waals surface area contributed by atoms with Crippen molar-refractivity contribution in [1.29, 1.82) is 0 Å². The largest absolute Gasteiger partial charge is 0.491 e. The third kappa shape index (κ3) is 2.60. The van der Waals surface area contributed by atoms with Crippen LogP contribution in [0.2, 0.25) is 0 Å². The highest BCUT2D eigenvalue weighted by Gasteiger charge is 2.31. The lowest BCUT2D eigenvalue weighted by molar-refractivity contribution is -0.153. The molecule has 0 N–H and O–H groups in total. The Bertz CT molecular complexity index is 610. The molecule has 2 aromatic heterocycles. The van der Waals surface area contributed by atoms with E-state index in [-0.39, 0.29) is 12.1 Å². The van der Waals surface area contributed by atoms with Crippen molar-refractivity contribution >= 4 is 11.5 Å². The maximum Gasteiger partial charge on any atom is 0.334 e. The molecule has 3 rings (SSSR count). The molecular weight excluding hydrogens is 260 g/mol. The Kier molecular flexibility index (Phi) is 3.56. The van der Waals surface area contributed by atoms with Crippen LogP contribution in [0.1, 0.15) is 12.8 Å². The summed E-state index contributed by atoms with van der Waals surface area (Å²) in [6.45, 7) is 0.428. The molecule has 0 amide bonds. The highest BCUT2D eigenvalue weighted by Crippen LogP contribution is 2.22. The second-order valence-corrected chi connectivity index (χ2v) is 4.72. The van der Waals surface area contributed by atoms with E-state index in [2.05, 4.69) is 9.84 Å². The number of esters is 1. The Morgan fingerprint density at radius 3 is 3.25 bits per heavy atom. The van der Waals surface area contributed by atoms with E-state index in [9.17, 15) is 4.79 Å². The first-order valence-electron chi connectivity index (χ1n) is 6.56. The number of carbonyl (C=O) groups is 1. The zero-order valence-electron chi connectivity index (χ0n) is 11.2. The van der Waals surface area contributed by atoms with Crippen LogP contribution in [0.5, 0.6) is 5.75 Å². The summed E-state index contributed by atoms with van der Waals surface area (Å²) < 4.78 is 17.7. The summed E-state index contributed by atoms with van der Waals surface area (Å²) in [4.78, 5) is 11.4. The third-order valence-corrected chi connectivity index (χ3v) is 3.38. The van der Waals surface area contributed by atoms with Crippen molar-refractivity contribution in [2.24, 2.45) is 0 Å². The van der Waals surface area contributed by atoms with Crippen molar-refractivity contribution in [3.05, 3.63) is 30.6 Å². The van der Waals surface area contributed by atoms with E-state index in [0.717, 1.165) is 17.7 Å². The number of carbonyl (C=O) groups excluding carboxylic acids is 1. The molecule has 1 aliphatic heterocycles. The zero-order valence-corrected chi connectivity index (χ0v) is 11.2. The molecule has 0 aromatic carbocycles. The van der Waals surface area contributed by atoms with Crippen LogP contribution in [0, 0.1) is 0 Å². The minimum Gasteiger partial charge on any atom is -0.491 e. The fraction of sp³-hybridized carbons (Fsp3) is 0.429. The predicted molar refractivity (Wildman–Crippen MR) is 70.6 cm³/mol. The number of hydrogen-bond acceptors (Lipinski definition) is 5. The Labute approximate surface area is 116 Å². The van der Waals surface area contributed by atoms with Gasteiger partial charge in [-0.05, 0) is 25.0 Å². The van der Waals surface area contributed by atoms with Crippen molar-refractivity contribution in [2.75, 3.05) is 13.7 Å². The second-order valence-electron chi connectivity index (χ2n) is 4.72. The number of fused-ring (bicyclic) bond motifs is 1. The first kappa shape index (κ1) is 12.9. The lowest BCUT2D eigenvalue weighted by atomic mass is 10.2. The van der Waals surface area contributed by atoms with Gasteiger partial charge in [0.05, 0.1) is 18.7 Å². The van der Waals surface area contributed by atoms with Crippen molar-refractivity contribution in [2.45, 2.75) is 25.0 Å². The highest BCUT2D eigenvalue weighted by molar-refractivity contribution is 5.74. The molecule has 0 unspecified atom stereocenters. The number of aromatic nitrogens is 2. The Balaban J connectivity index is 1.56. The number of ether oxygens (including phenoxy) is 3. The van der Waals surface area contributed by atoms with Crippen molar-refractivity contribution in [1.82, 2.24) is 9.61 Å². The minimum absolute atomic E-state index is 0.0692. The van der Waals surface area contributed by atoms with Crippen LogP contribution in [-0.2, 0) is 14.3 Å². The Morgan fingerprint density at radius 2 is 2.40 bits per heavy atom. The molecule has 0 saturated carbocycles. The summed E-state index contributed by atoms with van der Waals surface area (Å²) in [7, 11) is 1.37. The van der Waals surface area contributed by atoms with Gasteiger partial charge < -0.3 is 14.2 Å². The molecule has 0 radical (unpaired) electrons. The van der Waals surface area contributed by atoms with Crippen LogP contribution in [0.15, 0.2) is 30.6 Å². The molecule has 0 spiro atoms. The Morgan fingerprint density at radius 1 is 1.50 bits per heavy atom. The van der Waals surface area contributed by atoms with E-state index in [4.69, 9.17) is 9.47 Å². The lowest BCUT2D eigenvalue weighted by Crippen LogP contribution is -2.25. The van der Waals surface area contributed by atoms with Crippen LogP contribution in [0.4, 0.5) is 0 Å². The number of pyridine rings is 1. The molecule has 1 fully saturated rings. The molecule has 106 valence electrons. The van der Waals surface area contributed by atoms with E-state index in [0.29, 0.717) is 13.0 Å². The van der Waals surface area contributed by atoms with Crippen LogP contribution in [-0.4, -0.2) is 41.5 Å². The van der Waals surface area contributed by atoms with Gasteiger partial charge >= 0.3 is 5.97 Å². The average Bonchev–Trinajstić information content (AvgIpc) is 3.12. The summed E-state index contributed by atoms with van der Waals surface area (Å²) in [5, 5.41) is 4.12. The van der Waals surface area contributed by atoms with Crippen molar-refractivity contribution in [3.8, 4) is 5.75 Å². The molecule has 1 aliphatic rings. The molecule has 20 heavy (non-hydrogen) atoms. The summed E-state index contributed by atoms with van der Waals surface area (Å²) >= 11 is 0. The normalized spacial score (nSPS) is 22.1. The van der Waals surface area contributed by atoms with Crippen LogP contribution in [0.25, 0.3) is 5.52 Å². The standard InChI is InChI=1S/C14H16N2O4/c1-18-14(17)13-3-2-12(20-13)9-19-11-5-7-16-10(8-11)4-6-15-16/h4-8,12-13H,2-3,9H2,1H3/t12-,13+/m1/s1. The molecule has 0 aliphatic carbocycles. The third-order valence-electron chi connectivity index (χ3n) is 3.38. The van der Waals surface area contributed by atoms with Gasteiger partial charge in [-0.25, -0.2) is 9.31 Å². The molecule has 6 heteroatoms. The lowest BCUT2D eigenvalue weighted by Gasteiger charge is -2.13. The summed E-state index contributed by atoms with van der Waals surface area (Å²) in [6, 6.07) is 5.68. The molecular formula is C14H16N2O4. The zero-order chi connectivity index (χ0) is 13.9. The second kappa shape index (κ2) is 5.50. The van der Waals surface area contributed by atoms with Crippen molar-refractivity contribution < 1.29 is 19.0 Å². The number of nitrogens with zero attached hydrogens (tertiary/aromatic N) is 2. The quantitative estimate of drug-likeness (QED) is 0.791. The number of rotatable bonds is 4. The van der Waals surface area contributed by atoms with E-state index >= 15 is 0 Å². The van der Waals surface area contributed by atoms with E-state index in [1.165, 1.54) is 7.11 Å². The van der Waals surface area contributed by atoms with Gasteiger partial charge in [-0.15, -0.1) is 0 Å². The summed E-state index contributed by atoms with van der Waals surface area (Å²) in [6.07, 6.45) is 4.54. The predicted octanol–water partition coefficient (Wildman–Crippen LogP) is 1.43. The van der Waals surface area contributed by atoms with Crippen LogP contribution in [0.3, 0.4) is 0 Å². The molecule has 2 aromatic rings. The Hall–Kier alpha value is -2.08. The topological polar surface area (TPSA) is 62.1 Å². The van der Waals surface area contributed by atoms with Gasteiger partial charge in [0.25, 0.3) is 0 Å². The average molecular weight is 276 g/mol. The fourth-order valence-corrected chi connectivity index (χ4v) is 2.31. The fourth-order valence-electron chi connectivity index (χ4n) is 2.31. The maximum atomic E-state index is 11.4. The van der Waals surface area contributed by atoms with Gasteiger partial charge in [0, 0.05) is 18.5 Å². The van der Waals surface area contributed by atoms with Crippen molar-refractivity contribution in [3.63, 3.8) is 0 Å². The molecule has 2 atom stereocenters. The summed E-state index contributed by atoms with van der Waals surface area (Å²) in [5.41, 5.74) is 0.974. The van der Waals surface area contributed by atoms with Crippen LogP contribution < -0.4 is 4.74 Å². The van der Waals surface area contributed by atoms with Gasteiger partial charge in [-0.3, -0.25) is 0 Å². The maximum absolute atomic E-state index is 11.4. The SMILES string of the molecule is COC(=O)[C@@H]1CC[C@H](COc2ccn3nccc3c2)O1. The van der Waals surface area contributed by atoms with Crippen LogP contribution >= 0.6 is 0 Å². The molecule has 6 nitrogen and oxygen atoms in total. The minimum atomic E-state index is -0.453. The van der Waals surface area contributed by atoms with E-state index < -0.39 is 6.10 Å². The molecule has 3 heterocycles. The number of methoxy groups -OCH3 is 1. The molecule has 0 bridgehead atoms. The van der Waals surface area contributed by atoms with E-state index in [1.54, 1.807) is 10.7 Å². The van der Waals surface area contributed by atoms with Gasteiger partial charge in [0.1, 0.15) is 12.4 Å². The van der Waals surface area contributed by atoms with E-state index in [1.807, 2.05) is 24.4 Å². The summed E-state index contributed by atoms with van der Waals surface area (Å²) in [5.74, 6) is 0.455. The smallest absolute Gasteiger partial charge is 0.334 e.